The highest BCUT2D eigenvalue weighted by atomic mass is 79.9. The largest absolute Gasteiger partial charge is 0.309 e. The van der Waals surface area contributed by atoms with Crippen molar-refractivity contribution in [3.8, 4) is 0 Å². The van der Waals surface area contributed by atoms with Gasteiger partial charge in [-0.05, 0) is 77.4 Å². The van der Waals surface area contributed by atoms with Crippen molar-refractivity contribution in [2.24, 2.45) is 17.8 Å². The van der Waals surface area contributed by atoms with Crippen LogP contribution in [0.15, 0.2) is 15.9 Å². The summed E-state index contributed by atoms with van der Waals surface area (Å²) in [5.74, 6) is 3.02. The van der Waals surface area contributed by atoms with E-state index in [-0.39, 0.29) is 0 Å². The Labute approximate surface area is 116 Å². The van der Waals surface area contributed by atoms with Crippen molar-refractivity contribution < 1.29 is 0 Å². The van der Waals surface area contributed by atoms with Crippen LogP contribution in [-0.4, -0.2) is 6.54 Å². The van der Waals surface area contributed by atoms with Crippen molar-refractivity contribution in [1.82, 2.24) is 5.32 Å². The van der Waals surface area contributed by atoms with Gasteiger partial charge in [-0.1, -0.05) is 6.92 Å². The minimum Gasteiger partial charge on any atom is -0.309 e. The Bertz CT molecular complexity index is 379. The van der Waals surface area contributed by atoms with Crippen LogP contribution in [0, 0.1) is 17.8 Å². The molecule has 3 unspecified atom stereocenters. The molecule has 3 rings (SSSR count). The minimum atomic E-state index is 0.595. The summed E-state index contributed by atoms with van der Waals surface area (Å²) >= 11 is 5.60. The third kappa shape index (κ3) is 2.47. The lowest BCUT2D eigenvalue weighted by Crippen LogP contribution is -2.28. The van der Waals surface area contributed by atoms with E-state index in [4.69, 9.17) is 0 Å². The van der Waals surface area contributed by atoms with Crippen LogP contribution >= 0.6 is 27.3 Å². The number of rotatable bonds is 5. The molecule has 94 valence electrons. The molecule has 0 aromatic carbocycles. The lowest BCUT2D eigenvalue weighted by molar-refractivity contribution is 0.345. The summed E-state index contributed by atoms with van der Waals surface area (Å²) in [5.41, 5.74) is 0. The zero-order chi connectivity index (χ0) is 11.8. The molecule has 0 bridgehead atoms. The quantitative estimate of drug-likeness (QED) is 0.838. The maximum Gasteiger partial charge on any atom is 0.0455 e. The van der Waals surface area contributed by atoms with Crippen molar-refractivity contribution in [3.05, 3.63) is 20.8 Å². The normalized spacial score (nSPS) is 32.5. The molecule has 2 fully saturated rings. The molecular formula is C14H20BrNS. The molecule has 2 aliphatic rings. The Morgan fingerprint density at radius 2 is 2.18 bits per heavy atom. The van der Waals surface area contributed by atoms with Crippen molar-refractivity contribution in [3.63, 3.8) is 0 Å². The molecule has 1 heterocycles. The average molecular weight is 314 g/mol. The Morgan fingerprint density at radius 3 is 2.76 bits per heavy atom. The van der Waals surface area contributed by atoms with E-state index in [1.807, 2.05) is 11.3 Å². The van der Waals surface area contributed by atoms with Gasteiger partial charge in [-0.25, -0.2) is 0 Å². The van der Waals surface area contributed by atoms with E-state index >= 15 is 0 Å². The number of fused-ring (bicyclic) bond motifs is 1. The smallest absolute Gasteiger partial charge is 0.0455 e. The number of nitrogens with one attached hydrogen (secondary N) is 1. The van der Waals surface area contributed by atoms with E-state index in [0.717, 1.165) is 24.3 Å². The van der Waals surface area contributed by atoms with Crippen LogP contribution < -0.4 is 5.32 Å². The highest BCUT2D eigenvalue weighted by Crippen LogP contribution is 2.57. The van der Waals surface area contributed by atoms with Gasteiger partial charge in [-0.2, -0.15) is 0 Å². The highest BCUT2D eigenvalue weighted by molar-refractivity contribution is 9.10. The SMILES string of the molecule is CCCNC(c1sccc1Br)C1CC2CC2C1. The lowest BCUT2D eigenvalue weighted by atomic mass is 9.93. The Kier molecular flexibility index (Phi) is 3.60. The van der Waals surface area contributed by atoms with Gasteiger partial charge in [0.25, 0.3) is 0 Å². The fraction of sp³-hybridized carbons (Fsp3) is 0.714. The molecule has 0 amide bonds. The van der Waals surface area contributed by atoms with E-state index in [1.54, 1.807) is 0 Å². The fourth-order valence-electron chi connectivity index (χ4n) is 3.33. The van der Waals surface area contributed by atoms with Gasteiger partial charge in [0.15, 0.2) is 0 Å². The van der Waals surface area contributed by atoms with Gasteiger partial charge >= 0.3 is 0 Å². The molecule has 2 aliphatic carbocycles. The van der Waals surface area contributed by atoms with Crippen LogP contribution in [0.25, 0.3) is 0 Å². The fourth-order valence-corrected chi connectivity index (χ4v) is 5.12. The summed E-state index contributed by atoms with van der Waals surface area (Å²) in [7, 11) is 0. The van der Waals surface area contributed by atoms with Gasteiger partial charge in [0, 0.05) is 15.4 Å². The molecule has 1 aromatic rings. The maximum atomic E-state index is 3.78. The molecule has 1 nitrogen and oxygen atoms in total. The standard InChI is InChI=1S/C14H20BrNS/c1-2-4-16-13(14-12(15)3-5-17-14)11-7-9-6-10(9)8-11/h3,5,9-11,13,16H,2,4,6-8H2,1H3. The number of hydrogen-bond donors (Lipinski definition) is 1. The van der Waals surface area contributed by atoms with Gasteiger partial charge in [-0.15, -0.1) is 11.3 Å². The van der Waals surface area contributed by atoms with Crippen molar-refractivity contribution in [1.29, 1.82) is 0 Å². The van der Waals surface area contributed by atoms with Crippen LogP contribution in [-0.2, 0) is 0 Å². The molecule has 3 atom stereocenters. The second-order valence-corrected chi connectivity index (χ2v) is 7.35. The first-order valence-corrected chi connectivity index (χ1v) is 8.43. The molecular weight excluding hydrogens is 294 g/mol. The van der Waals surface area contributed by atoms with Gasteiger partial charge in [0.1, 0.15) is 0 Å². The van der Waals surface area contributed by atoms with Gasteiger partial charge in [-0.3, -0.25) is 0 Å². The summed E-state index contributed by atoms with van der Waals surface area (Å²) in [5, 5.41) is 5.98. The third-order valence-electron chi connectivity index (χ3n) is 4.29. The zero-order valence-corrected chi connectivity index (χ0v) is 12.7. The van der Waals surface area contributed by atoms with Crippen LogP contribution in [0.2, 0.25) is 0 Å². The predicted molar refractivity (Wildman–Crippen MR) is 77.4 cm³/mol. The van der Waals surface area contributed by atoms with Crippen molar-refractivity contribution in [2.75, 3.05) is 6.54 Å². The molecule has 17 heavy (non-hydrogen) atoms. The molecule has 1 aromatic heterocycles. The first kappa shape index (κ1) is 12.2. The van der Waals surface area contributed by atoms with Gasteiger partial charge in [0.05, 0.1) is 0 Å². The second kappa shape index (κ2) is 5.02. The molecule has 0 radical (unpaired) electrons. The summed E-state index contributed by atoms with van der Waals surface area (Å²) in [6, 6.07) is 2.79. The molecule has 0 saturated heterocycles. The highest BCUT2D eigenvalue weighted by Gasteiger charge is 2.48. The van der Waals surface area contributed by atoms with E-state index in [2.05, 4.69) is 39.6 Å². The third-order valence-corrected chi connectivity index (χ3v) is 6.25. The Balaban J connectivity index is 1.74. The summed E-state index contributed by atoms with van der Waals surface area (Å²) in [6.07, 6.45) is 5.65. The summed E-state index contributed by atoms with van der Waals surface area (Å²) < 4.78 is 1.30. The van der Waals surface area contributed by atoms with E-state index < -0.39 is 0 Å². The first-order chi connectivity index (χ1) is 8.29. The van der Waals surface area contributed by atoms with Gasteiger partial charge in [0.2, 0.25) is 0 Å². The Morgan fingerprint density at radius 1 is 1.41 bits per heavy atom. The summed E-state index contributed by atoms with van der Waals surface area (Å²) in [6.45, 7) is 3.39. The van der Waals surface area contributed by atoms with Crippen LogP contribution in [0.1, 0.15) is 43.5 Å². The molecule has 2 saturated carbocycles. The molecule has 0 spiro atoms. The van der Waals surface area contributed by atoms with Crippen LogP contribution in [0.3, 0.4) is 0 Å². The zero-order valence-electron chi connectivity index (χ0n) is 10.3. The van der Waals surface area contributed by atoms with E-state index in [9.17, 15) is 0 Å². The first-order valence-electron chi connectivity index (χ1n) is 6.75. The van der Waals surface area contributed by atoms with E-state index in [1.165, 1.54) is 35.0 Å². The number of halogens is 1. The Hall–Kier alpha value is 0.140. The lowest BCUT2D eigenvalue weighted by Gasteiger charge is -2.25. The minimum absolute atomic E-state index is 0.595. The van der Waals surface area contributed by atoms with Crippen LogP contribution in [0.5, 0.6) is 0 Å². The van der Waals surface area contributed by atoms with Crippen molar-refractivity contribution in [2.45, 2.75) is 38.6 Å². The summed E-state index contributed by atoms with van der Waals surface area (Å²) in [4.78, 5) is 1.52. The predicted octanol–water partition coefficient (Wildman–Crippen LogP) is 4.60. The molecule has 1 N–H and O–H groups in total. The molecule has 0 aliphatic heterocycles. The monoisotopic (exact) mass is 313 g/mol. The van der Waals surface area contributed by atoms with E-state index in [0.29, 0.717) is 6.04 Å². The maximum absolute atomic E-state index is 3.78. The second-order valence-electron chi connectivity index (χ2n) is 5.55. The number of hydrogen-bond acceptors (Lipinski definition) is 2. The van der Waals surface area contributed by atoms with Gasteiger partial charge < -0.3 is 5.32 Å². The number of thiophene rings is 1. The van der Waals surface area contributed by atoms with Crippen LogP contribution in [0.4, 0.5) is 0 Å². The molecule has 3 heteroatoms. The average Bonchev–Trinajstić information content (AvgIpc) is 2.74. The topological polar surface area (TPSA) is 12.0 Å². The van der Waals surface area contributed by atoms with Crippen molar-refractivity contribution >= 4 is 27.3 Å².